The Morgan fingerprint density at radius 2 is 1.63 bits per heavy atom. The molecule has 0 aliphatic rings. The van der Waals surface area contributed by atoms with E-state index in [4.69, 9.17) is 5.73 Å². The molecule has 0 radical (unpaired) electrons. The molecule has 0 saturated heterocycles. The number of hydrogen-bond donors (Lipinski definition) is 5. The summed E-state index contributed by atoms with van der Waals surface area (Å²) >= 11 is 0. The van der Waals surface area contributed by atoms with Crippen LogP contribution in [0.1, 0.15) is 46.1 Å². The van der Waals surface area contributed by atoms with Crippen LogP contribution in [-0.4, -0.2) is 40.7 Å². The van der Waals surface area contributed by atoms with Gasteiger partial charge in [-0.05, 0) is 48.8 Å². The second-order valence-corrected chi connectivity index (χ2v) is 7.79. The summed E-state index contributed by atoms with van der Waals surface area (Å²) in [5.74, 6) is -0.408. The smallest absolute Gasteiger partial charge is 0.242 e. The molecule has 6 N–H and O–H groups in total. The molecule has 1 aromatic carbocycles. The Morgan fingerprint density at radius 1 is 1.00 bits per heavy atom. The molecular formula is C20H33N3O4. The predicted octanol–water partition coefficient (Wildman–Crippen LogP) is 1.66. The first-order chi connectivity index (χ1) is 12.6. The molecule has 1 rings (SSSR count). The normalized spacial score (nSPS) is 13.4. The Balaban J connectivity index is 2.60. The molecule has 1 aromatic rings. The van der Waals surface area contributed by atoms with Crippen LogP contribution in [0, 0.1) is 11.8 Å². The Bertz CT molecular complexity index is 632. The highest BCUT2D eigenvalue weighted by Gasteiger charge is 2.24. The van der Waals surface area contributed by atoms with Crippen molar-refractivity contribution in [3.63, 3.8) is 0 Å². The molecule has 27 heavy (non-hydrogen) atoms. The highest BCUT2D eigenvalue weighted by Crippen LogP contribution is 2.24. The number of phenols is 2. The Labute approximate surface area is 161 Å². The van der Waals surface area contributed by atoms with Crippen LogP contribution in [-0.2, 0) is 16.0 Å². The molecule has 2 amide bonds. The van der Waals surface area contributed by atoms with Crippen molar-refractivity contribution in [2.45, 2.75) is 59.0 Å². The summed E-state index contributed by atoms with van der Waals surface area (Å²) in [5, 5.41) is 24.4. The molecule has 0 aliphatic heterocycles. The van der Waals surface area contributed by atoms with Crippen molar-refractivity contribution in [1.29, 1.82) is 0 Å². The van der Waals surface area contributed by atoms with Gasteiger partial charge in [-0.25, -0.2) is 0 Å². The number of aromatic hydroxyl groups is 2. The standard InChI is InChI=1S/C20H33N3O4/c1-12(2)9-15(21)19(26)23-16(10-13(3)4)20(27)22-8-7-14-5-6-17(24)18(25)11-14/h5-6,11-13,15-16,24-25H,7-10,21H2,1-4H3,(H,22,27)(H,23,26)/t15-,16+/m1/s1. The number of amides is 2. The topological polar surface area (TPSA) is 125 Å². The van der Waals surface area contributed by atoms with E-state index in [9.17, 15) is 19.8 Å². The summed E-state index contributed by atoms with van der Waals surface area (Å²) in [7, 11) is 0. The average Bonchev–Trinajstić information content (AvgIpc) is 2.56. The minimum Gasteiger partial charge on any atom is -0.504 e. The number of carbonyl (C=O) groups excluding carboxylic acids is 2. The molecule has 7 nitrogen and oxygen atoms in total. The van der Waals surface area contributed by atoms with E-state index in [0.29, 0.717) is 31.7 Å². The fourth-order valence-electron chi connectivity index (χ4n) is 2.77. The fraction of sp³-hybridized carbons (Fsp3) is 0.600. The molecule has 152 valence electrons. The van der Waals surface area contributed by atoms with Gasteiger partial charge in [0.2, 0.25) is 11.8 Å². The number of nitrogens with one attached hydrogen (secondary N) is 2. The summed E-state index contributed by atoms with van der Waals surface area (Å²) in [4.78, 5) is 24.8. The highest BCUT2D eigenvalue weighted by atomic mass is 16.3. The van der Waals surface area contributed by atoms with E-state index < -0.39 is 12.1 Å². The lowest BCUT2D eigenvalue weighted by molar-refractivity contribution is -0.130. The van der Waals surface area contributed by atoms with Crippen LogP contribution in [0.15, 0.2) is 18.2 Å². The zero-order valence-electron chi connectivity index (χ0n) is 16.7. The first-order valence-corrected chi connectivity index (χ1v) is 9.44. The number of nitrogens with two attached hydrogens (primary N) is 1. The van der Waals surface area contributed by atoms with Crippen molar-refractivity contribution in [3.8, 4) is 11.5 Å². The number of carbonyl (C=O) groups is 2. The maximum atomic E-state index is 12.5. The van der Waals surface area contributed by atoms with Crippen LogP contribution in [0.4, 0.5) is 0 Å². The molecule has 0 saturated carbocycles. The third-order valence-electron chi connectivity index (χ3n) is 4.15. The highest BCUT2D eigenvalue weighted by molar-refractivity contribution is 5.89. The maximum Gasteiger partial charge on any atom is 0.242 e. The zero-order valence-corrected chi connectivity index (χ0v) is 16.7. The molecule has 7 heteroatoms. The number of phenolic OH excluding ortho intramolecular Hbond substituents is 2. The zero-order chi connectivity index (χ0) is 20.6. The average molecular weight is 380 g/mol. The van der Waals surface area contributed by atoms with Crippen LogP contribution in [0.2, 0.25) is 0 Å². The van der Waals surface area contributed by atoms with Gasteiger partial charge < -0.3 is 26.6 Å². The number of hydrogen-bond acceptors (Lipinski definition) is 5. The summed E-state index contributed by atoms with van der Waals surface area (Å²) in [6.45, 7) is 8.31. The summed E-state index contributed by atoms with van der Waals surface area (Å²) in [6, 6.07) is 3.28. The van der Waals surface area contributed by atoms with Gasteiger partial charge in [-0.2, -0.15) is 0 Å². The van der Waals surface area contributed by atoms with E-state index >= 15 is 0 Å². The van der Waals surface area contributed by atoms with Gasteiger partial charge in [0.25, 0.3) is 0 Å². The first kappa shape index (κ1) is 22.8. The molecule has 0 bridgehead atoms. The third kappa shape index (κ3) is 8.30. The van der Waals surface area contributed by atoms with E-state index in [1.807, 2.05) is 27.7 Å². The van der Waals surface area contributed by atoms with Gasteiger partial charge in [-0.3, -0.25) is 9.59 Å². The van der Waals surface area contributed by atoms with E-state index in [2.05, 4.69) is 10.6 Å². The summed E-state index contributed by atoms with van der Waals surface area (Å²) in [6.07, 6.45) is 1.58. The lowest BCUT2D eigenvalue weighted by atomic mass is 10.0. The Kier molecular flexibility index (Phi) is 9.08. The van der Waals surface area contributed by atoms with E-state index in [1.54, 1.807) is 6.07 Å². The minimum atomic E-state index is -0.635. The van der Waals surface area contributed by atoms with Crippen molar-refractivity contribution in [2.75, 3.05) is 6.54 Å². The quantitative estimate of drug-likeness (QED) is 0.395. The minimum absolute atomic E-state index is 0.180. The molecular weight excluding hydrogens is 346 g/mol. The van der Waals surface area contributed by atoms with Crippen LogP contribution in [0.5, 0.6) is 11.5 Å². The Morgan fingerprint density at radius 3 is 2.19 bits per heavy atom. The van der Waals surface area contributed by atoms with Crippen molar-refractivity contribution in [1.82, 2.24) is 10.6 Å². The van der Waals surface area contributed by atoms with Gasteiger partial charge in [-0.1, -0.05) is 33.8 Å². The van der Waals surface area contributed by atoms with Crippen molar-refractivity contribution in [3.05, 3.63) is 23.8 Å². The van der Waals surface area contributed by atoms with Gasteiger partial charge in [-0.15, -0.1) is 0 Å². The van der Waals surface area contributed by atoms with E-state index in [1.165, 1.54) is 12.1 Å². The van der Waals surface area contributed by atoms with Crippen LogP contribution in [0.25, 0.3) is 0 Å². The first-order valence-electron chi connectivity index (χ1n) is 9.44. The van der Waals surface area contributed by atoms with E-state index in [0.717, 1.165) is 5.56 Å². The molecule has 0 aliphatic carbocycles. The van der Waals surface area contributed by atoms with Gasteiger partial charge in [0.15, 0.2) is 11.5 Å². The third-order valence-corrected chi connectivity index (χ3v) is 4.15. The van der Waals surface area contributed by atoms with Gasteiger partial charge >= 0.3 is 0 Å². The lowest BCUT2D eigenvalue weighted by Gasteiger charge is -2.22. The molecule has 0 unspecified atom stereocenters. The van der Waals surface area contributed by atoms with Crippen LogP contribution in [0.3, 0.4) is 0 Å². The second kappa shape index (κ2) is 10.8. The largest absolute Gasteiger partial charge is 0.504 e. The number of rotatable bonds is 10. The Hall–Kier alpha value is -2.28. The van der Waals surface area contributed by atoms with Crippen LogP contribution >= 0.6 is 0 Å². The summed E-state index contributed by atoms with van der Waals surface area (Å²) in [5.41, 5.74) is 6.70. The van der Waals surface area contributed by atoms with Gasteiger partial charge in [0.05, 0.1) is 6.04 Å². The van der Waals surface area contributed by atoms with Crippen molar-refractivity contribution >= 4 is 11.8 Å². The van der Waals surface area contributed by atoms with Crippen molar-refractivity contribution in [2.24, 2.45) is 17.6 Å². The predicted molar refractivity (Wildman–Crippen MR) is 105 cm³/mol. The number of benzene rings is 1. The maximum absolute atomic E-state index is 12.5. The van der Waals surface area contributed by atoms with Crippen molar-refractivity contribution < 1.29 is 19.8 Å². The fourth-order valence-corrected chi connectivity index (χ4v) is 2.77. The summed E-state index contributed by atoms with van der Waals surface area (Å²) < 4.78 is 0. The molecule has 2 atom stereocenters. The SMILES string of the molecule is CC(C)C[C@@H](N)C(=O)N[C@@H](CC(C)C)C(=O)NCCc1ccc(O)c(O)c1. The lowest BCUT2D eigenvalue weighted by Crippen LogP contribution is -2.52. The monoisotopic (exact) mass is 379 g/mol. The second-order valence-electron chi connectivity index (χ2n) is 7.79. The van der Waals surface area contributed by atoms with Crippen LogP contribution < -0.4 is 16.4 Å². The molecule has 0 aromatic heterocycles. The molecule has 0 spiro atoms. The van der Waals surface area contributed by atoms with E-state index in [-0.39, 0.29) is 29.2 Å². The van der Waals surface area contributed by atoms with Gasteiger partial charge in [0, 0.05) is 6.54 Å². The van der Waals surface area contributed by atoms with Gasteiger partial charge in [0.1, 0.15) is 6.04 Å². The molecule has 0 fully saturated rings. The molecule has 0 heterocycles.